The van der Waals surface area contributed by atoms with E-state index in [4.69, 9.17) is 4.74 Å². The number of rotatable bonds is 4. The first kappa shape index (κ1) is 18.8. The molecule has 142 valence electrons. The van der Waals surface area contributed by atoms with E-state index in [-0.39, 0.29) is 31.2 Å². The van der Waals surface area contributed by atoms with Gasteiger partial charge in [-0.2, -0.15) is 13.2 Å². The van der Waals surface area contributed by atoms with E-state index in [0.717, 1.165) is 6.07 Å². The number of anilines is 1. The topological polar surface area (TPSA) is 49.9 Å². The third-order valence-electron chi connectivity index (χ3n) is 4.26. The second-order valence-corrected chi connectivity index (χ2v) is 6.14. The van der Waals surface area contributed by atoms with Gasteiger partial charge in [0.25, 0.3) is 5.91 Å². The Morgan fingerprint density at radius 2 is 1.81 bits per heavy atom. The van der Waals surface area contributed by atoms with Gasteiger partial charge >= 0.3 is 6.18 Å². The summed E-state index contributed by atoms with van der Waals surface area (Å²) in [6, 6.07) is 11.9. The maximum Gasteiger partial charge on any atom is 0.416 e. The molecule has 0 saturated carbocycles. The van der Waals surface area contributed by atoms with Crippen molar-refractivity contribution in [3.05, 3.63) is 59.7 Å². The molecule has 0 radical (unpaired) electrons. The van der Waals surface area contributed by atoms with Gasteiger partial charge in [0.1, 0.15) is 12.3 Å². The molecule has 2 aromatic carbocycles. The standard InChI is InChI=1S/C19H17F3N2O3/c1-23(10-13-6-2-3-7-14(13)19(20,21)22)17(25)11-24-15-8-4-5-9-16(15)27-12-18(24)26/h2-9H,10-12H2,1H3. The Bertz CT molecular complexity index is 867. The Morgan fingerprint density at radius 3 is 2.56 bits per heavy atom. The zero-order chi connectivity index (χ0) is 19.6. The maximum atomic E-state index is 13.1. The summed E-state index contributed by atoms with van der Waals surface area (Å²) in [6.45, 7) is -0.677. The summed E-state index contributed by atoms with van der Waals surface area (Å²) in [5, 5.41) is 0. The van der Waals surface area contributed by atoms with Crippen molar-refractivity contribution in [2.75, 3.05) is 25.1 Å². The fourth-order valence-electron chi connectivity index (χ4n) is 2.86. The van der Waals surface area contributed by atoms with E-state index in [9.17, 15) is 22.8 Å². The van der Waals surface area contributed by atoms with Crippen molar-refractivity contribution in [3.63, 3.8) is 0 Å². The third-order valence-corrected chi connectivity index (χ3v) is 4.26. The molecule has 0 atom stereocenters. The van der Waals surface area contributed by atoms with E-state index in [0.29, 0.717) is 11.4 Å². The van der Waals surface area contributed by atoms with E-state index in [1.807, 2.05) is 0 Å². The summed E-state index contributed by atoms with van der Waals surface area (Å²) in [4.78, 5) is 27.1. The predicted molar refractivity (Wildman–Crippen MR) is 92.2 cm³/mol. The Kier molecular flexibility index (Phi) is 5.07. The van der Waals surface area contributed by atoms with E-state index < -0.39 is 17.6 Å². The lowest BCUT2D eigenvalue weighted by Crippen LogP contribution is -2.45. The first-order valence-electron chi connectivity index (χ1n) is 8.18. The number of likely N-dealkylation sites (N-methyl/N-ethyl adjacent to an activating group) is 1. The van der Waals surface area contributed by atoms with Crippen molar-refractivity contribution in [1.29, 1.82) is 0 Å². The highest BCUT2D eigenvalue weighted by Crippen LogP contribution is 2.33. The van der Waals surface area contributed by atoms with Crippen LogP contribution in [0.25, 0.3) is 0 Å². The molecule has 0 unspecified atom stereocenters. The fraction of sp³-hybridized carbons (Fsp3) is 0.263. The molecular formula is C19H17F3N2O3. The van der Waals surface area contributed by atoms with Crippen LogP contribution in [-0.4, -0.2) is 36.9 Å². The first-order chi connectivity index (χ1) is 12.8. The lowest BCUT2D eigenvalue weighted by Gasteiger charge is -2.30. The van der Waals surface area contributed by atoms with Gasteiger partial charge < -0.3 is 9.64 Å². The summed E-state index contributed by atoms with van der Waals surface area (Å²) in [7, 11) is 1.41. The second-order valence-electron chi connectivity index (χ2n) is 6.14. The van der Waals surface area contributed by atoms with Crippen LogP contribution in [0.15, 0.2) is 48.5 Å². The Hall–Kier alpha value is -3.03. The number of fused-ring (bicyclic) bond motifs is 1. The molecule has 0 aromatic heterocycles. The van der Waals surface area contributed by atoms with Crippen LogP contribution in [0.2, 0.25) is 0 Å². The quantitative estimate of drug-likeness (QED) is 0.822. The van der Waals surface area contributed by atoms with Crippen molar-refractivity contribution in [1.82, 2.24) is 4.90 Å². The van der Waals surface area contributed by atoms with Crippen LogP contribution in [0, 0.1) is 0 Å². The van der Waals surface area contributed by atoms with Gasteiger partial charge in [-0.15, -0.1) is 0 Å². The number of hydrogen-bond donors (Lipinski definition) is 0. The lowest BCUT2D eigenvalue weighted by molar-refractivity contribution is -0.139. The number of carbonyl (C=O) groups excluding carboxylic acids is 2. The van der Waals surface area contributed by atoms with Gasteiger partial charge in [-0.1, -0.05) is 30.3 Å². The molecule has 5 nitrogen and oxygen atoms in total. The Morgan fingerprint density at radius 1 is 1.15 bits per heavy atom. The van der Waals surface area contributed by atoms with Crippen LogP contribution in [0.5, 0.6) is 5.75 Å². The molecule has 1 aliphatic rings. The Balaban J connectivity index is 1.75. The van der Waals surface area contributed by atoms with Crippen LogP contribution in [0.1, 0.15) is 11.1 Å². The summed E-state index contributed by atoms with van der Waals surface area (Å²) >= 11 is 0. The number of hydrogen-bond acceptors (Lipinski definition) is 3. The number of benzene rings is 2. The average molecular weight is 378 g/mol. The number of amides is 2. The molecule has 1 heterocycles. The van der Waals surface area contributed by atoms with E-state index >= 15 is 0 Å². The summed E-state index contributed by atoms with van der Waals surface area (Å²) in [5.74, 6) is -0.377. The van der Waals surface area contributed by atoms with Gasteiger partial charge in [0.2, 0.25) is 5.91 Å². The van der Waals surface area contributed by atoms with Gasteiger partial charge in [0.05, 0.1) is 11.3 Å². The summed E-state index contributed by atoms with van der Waals surface area (Å²) < 4.78 is 44.7. The molecule has 0 N–H and O–H groups in total. The van der Waals surface area contributed by atoms with Crippen molar-refractivity contribution in [2.45, 2.75) is 12.7 Å². The van der Waals surface area contributed by atoms with E-state index in [1.54, 1.807) is 24.3 Å². The van der Waals surface area contributed by atoms with Crippen LogP contribution >= 0.6 is 0 Å². The highest BCUT2D eigenvalue weighted by molar-refractivity contribution is 6.02. The summed E-state index contributed by atoms with van der Waals surface area (Å²) in [5.41, 5.74) is -0.321. The van der Waals surface area contributed by atoms with Crippen LogP contribution in [0.3, 0.4) is 0 Å². The minimum absolute atomic E-state index is 0.00504. The number of carbonyl (C=O) groups is 2. The zero-order valence-electron chi connectivity index (χ0n) is 14.5. The van der Waals surface area contributed by atoms with Gasteiger partial charge in [-0.25, -0.2) is 0 Å². The van der Waals surface area contributed by atoms with Gasteiger partial charge in [0.15, 0.2) is 6.61 Å². The van der Waals surface area contributed by atoms with E-state index in [1.165, 1.54) is 35.0 Å². The van der Waals surface area contributed by atoms with Gasteiger partial charge in [-0.05, 0) is 23.8 Å². The third kappa shape index (κ3) is 4.05. The van der Waals surface area contributed by atoms with Gasteiger partial charge in [-0.3, -0.25) is 14.5 Å². The molecule has 0 bridgehead atoms. The highest BCUT2D eigenvalue weighted by Gasteiger charge is 2.34. The number of halogens is 3. The predicted octanol–water partition coefficient (Wildman–Crippen LogP) is 3.09. The molecule has 0 saturated heterocycles. The molecule has 2 amide bonds. The Labute approximate surface area is 153 Å². The minimum Gasteiger partial charge on any atom is -0.482 e. The van der Waals surface area contributed by atoms with Crippen molar-refractivity contribution in [3.8, 4) is 5.75 Å². The normalized spacial score (nSPS) is 13.8. The van der Waals surface area contributed by atoms with Crippen molar-refractivity contribution in [2.24, 2.45) is 0 Å². The number of para-hydroxylation sites is 2. The smallest absolute Gasteiger partial charge is 0.416 e. The minimum atomic E-state index is -4.50. The molecule has 0 spiro atoms. The van der Waals surface area contributed by atoms with Crippen LogP contribution < -0.4 is 9.64 Å². The molecule has 8 heteroatoms. The number of ether oxygens (including phenoxy) is 1. The SMILES string of the molecule is CN(Cc1ccccc1C(F)(F)F)C(=O)CN1C(=O)COc2ccccc21. The van der Waals surface area contributed by atoms with Crippen LogP contribution in [-0.2, 0) is 22.3 Å². The molecule has 0 fully saturated rings. The van der Waals surface area contributed by atoms with E-state index in [2.05, 4.69) is 0 Å². The molecule has 0 aliphatic carbocycles. The first-order valence-corrected chi connectivity index (χ1v) is 8.18. The van der Waals surface area contributed by atoms with Gasteiger partial charge in [0, 0.05) is 13.6 Å². The molecular weight excluding hydrogens is 361 g/mol. The average Bonchev–Trinajstić information content (AvgIpc) is 2.63. The summed E-state index contributed by atoms with van der Waals surface area (Å²) in [6.07, 6.45) is -4.50. The van der Waals surface area contributed by atoms with Crippen LogP contribution in [0.4, 0.5) is 18.9 Å². The lowest BCUT2D eigenvalue weighted by atomic mass is 10.1. The van der Waals surface area contributed by atoms with Crippen molar-refractivity contribution >= 4 is 17.5 Å². The second kappa shape index (κ2) is 7.30. The zero-order valence-corrected chi connectivity index (χ0v) is 14.5. The van der Waals surface area contributed by atoms with Crippen molar-refractivity contribution < 1.29 is 27.5 Å². The number of nitrogens with zero attached hydrogens (tertiary/aromatic N) is 2. The fourth-order valence-corrected chi connectivity index (χ4v) is 2.86. The molecule has 2 aromatic rings. The monoisotopic (exact) mass is 378 g/mol. The largest absolute Gasteiger partial charge is 0.482 e. The molecule has 3 rings (SSSR count). The molecule has 1 aliphatic heterocycles. The maximum absolute atomic E-state index is 13.1. The number of alkyl halides is 3. The highest BCUT2D eigenvalue weighted by atomic mass is 19.4. The molecule has 27 heavy (non-hydrogen) atoms.